The van der Waals surface area contributed by atoms with Crippen molar-refractivity contribution in [2.75, 3.05) is 10.6 Å². The normalized spacial score (nSPS) is 17.6. The Hall–Kier alpha value is -3.15. The highest BCUT2D eigenvalue weighted by molar-refractivity contribution is 6.06. The predicted octanol–water partition coefficient (Wildman–Crippen LogP) is 3.98. The number of rotatable bonds is 6. The number of carbonyl (C=O) groups is 3. The van der Waals surface area contributed by atoms with Crippen LogP contribution in [0.2, 0.25) is 0 Å². The third-order valence-corrected chi connectivity index (χ3v) is 5.00. The number of benzene rings is 2. The zero-order chi connectivity index (χ0) is 21.1. The van der Waals surface area contributed by atoms with Gasteiger partial charge in [-0.15, -0.1) is 0 Å². The van der Waals surface area contributed by atoms with E-state index in [0.717, 1.165) is 12.0 Å². The lowest BCUT2D eigenvalue weighted by atomic mass is 10.1. The van der Waals surface area contributed by atoms with Gasteiger partial charge < -0.3 is 16.0 Å². The number of hydrogen-bond donors (Lipinski definition) is 3. The fraction of sp³-hybridized carbons (Fsp3) is 0.348. The van der Waals surface area contributed by atoms with Crippen LogP contribution in [0.4, 0.5) is 11.4 Å². The van der Waals surface area contributed by atoms with Gasteiger partial charge in [0.1, 0.15) is 0 Å². The van der Waals surface area contributed by atoms with Crippen molar-refractivity contribution < 1.29 is 14.4 Å². The topological polar surface area (TPSA) is 87.3 Å². The van der Waals surface area contributed by atoms with Gasteiger partial charge in [-0.2, -0.15) is 0 Å². The van der Waals surface area contributed by atoms with Gasteiger partial charge in [-0.25, -0.2) is 0 Å². The second-order valence-electron chi connectivity index (χ2n) is 8.00. The third kappa shape index (κ3) is 5.22. The first-order valence-corrected chi connectivity index (χ1v) is 9.88. The van der Waals surface area contributed by atoms with Crippen LogP contribution < -0.4 is 16.0 Å². The lowest BCUT2D eigenvalue weighted by Crippen LogP contribution is -2.30. The minimum absolute atomic E-state index is 0.00519. The largest absolute Gasteiger partial charge is 0.350 e. The number of nitrogens with one attached hydrogen (secondary N) is 3. The van der Waals surface area contributed by atoms with E-state index in [0.29, 0.717) is 28.4 Å². The van der Waals surface area contributed by atoms with Gasteiger partial charge in [0.05, 0.1) is 0 Å². The van der Waals surface area contributed by atoms with E-state index in [9.17, 15) is 14.4 Å². The number of anilines is 2. The predicted molar refractivity (Wildman–Crippen MR) is 114 cm³/mol. The molecule has 0 radical (unpaired) electrons. The van der Waals surface area contributed by atoms with Crippen LogP contribution >= 0.6 is 0 Å². The number of carbonyl (C=O) groups excluding carboxylic acids is 3. The fourth-order valence-corrected chi connectivity index (χ4v) is 3.15. The van der Waals surface area contributed by atoms with E-state index in [1.54, 1.807) is 42.5 Å². The summed E-state index contributed by atoms with van der Waals surface area (Å²) in [5.41, 5.74) is 2.93. The molecule has 6 heteroatoms. The molecule has 0 spiro atoms. The Bertz CT molecular complexity index is 952. The maximum Gasteiger partial charge on any atom is 0.255 e. The monoisotopic (exact) mass is 393 g/mol. The molecule has 3 amide bonds. The molecule has 2 aromatic carbocycles. The Kier molecular flexibility index (Phi) is 6.01. The van der Waals surface area contributed by atoms with Crippen molar-refractivity contribution in [3.05, 3.63) is 59.2 Å². The first-order chi connectivity index (χ1) is 13.7. The fourth-order valence-electron chi connectivity index (χ4n) is 3.15. The van der Waals surface area contributed by atoms with Crippen LogP contribution in [0.3, 0.4) is 0 Å². The summed E-state index contributed by atoms with van der Waals surface area (Å²) in [5.74, 6) is 0.00234. The van der Waals surface area contributed by atoms with Gasteiger partial charge in [0.25, 0.3) is 11.8 Å². The summed E-state index contributed by atoms with van der Waals surface area (Å²) in [7, 11) is 0. The summed E-state index contributed by atoms with van der Waals surface area (Å²) in [5, 5.41) is 8.56. The molecule has 2 atom stereocenters. The molecule has 152 valence electrons. The van der Waals surface area contributed by atoms with Gasteiger partial charge in [0.15, 0.2) is 0 Å². The SMILES string of the molecule is Cc1ccc(NC(=O)c2cccc(NC(=O)C3CC3C)c2)cc1C(=O)NC(C)C. The van der Waals surface area contributed by atoms with Crippen molar-refractivity contribution in [1.82, 2.24) is 5.32 Å². The van der Waals surface area contributed by atoms with Gasteiger partial charge in [-0.05, 0) is 69.0 Å². The molecule has 0 aromatic heterocycles. The molecule has 29 heavy (non-hydrogen) atoms. The zero-order valence-corrected chi connectivity index (χ0v) is 17.2. The van der Waals surface area contributed by atoms with E-state index in [1.165, 1.54) is 0 Å². The summed E-state index contributed by atoms with van der Waals surface area (Å²) in [6.45, 7) is 7.70. The van der Waals surface area contributed by atoms with Crippen LogP contribution in [0.15, 0.2) is 42.5 Å². The molecule has 1 saturated carbocycles. The first kappa shape index (κ1) is 20.6. The van der Waals surface area contributed by atoms with Crippen LogP contribution in [0.5, 0.6) is 0 Å². The van der Waals surface area contributed by atoms with E-state index in [1.807, 2.05) is 27.7 Å². The maximum absolute atomic E-state index is 12.7. The van der Waals surface area contributed by atoms with Crippen LogP contribution in [0.25, 0.3) is 0 Å². The summed E-state index contributed by atoms with van der Waals surface area (Å²) in [6.07, 6.45) is 0.909. The summed E-state index contributed by atoms with van der Waals surface area (Å²) in [4.78, 5) is 37.1. The molecule has 0 aliphatic heterocycles. The van der Waals surface area contributed by atoms with Gasteiger partial charge >= 0.3 is 0 Å². The number of aryl methyl sites for hydroxylation is 1. The lowest BCUT2D eigenvalue weighted by Gasteiger charge is -2.13. The highest BCUT2D eigenvalue weighted by Gasteiger charge is 2.39. The molecule has 2 unspecified atom stereocenters. The molecular formula is C23H27N3O3. The molecule has 3 rings (SSSR count). The Morgan fingerprint density at radius 3 is 2.31 bits per heavy atom. The van der Waals surface area contributed by atoms with Crippen molar-refractivity contribution in [2.45, 2.75) is 40.2 Å². The maximum atomic E-state index is 12.7. The van der Waals surface area contributed by atoms with Crippen LogP contribution in [0.1, 0.15) is 53.5 Å². The molecule has 1 fully saturated rings. The van der Waals surface area contributed by atoms with Gasteiger partial charge in [0.2, 0.25) is 5.91 Å². The summed E-state index contributed by atoms with van der Waals surface area (Å²) >= 11 is 0. The van der Waals surface area contributed by atoms with Gasteiger partial charge in [0, 0.05) is 34.5 Å². The molecule has 0 saturated heterocycles. The standard InChI is InChI=1S/C23H27N3O3/c1-13(2)24-22(28)20-12-18(9-8-14(20)3)25-21(27)16-6-5-7-17(11-16)26-23(29)19-10-15(19)4/h5-9,11-13,15,19H,10H2,1-4H3,(H,24,28)(H,25,27)(H,26,29). The second kappa shape index (κ2) is 8.47. The van der Waals surface area contributed by atoms with E-state index in [2.05, 4.69) is 16.0 Å². The van der Waals surface area contributed by atoms with Gasteiger partial charge in [-0.1, -0.05) is 19.1 Å². The first-order valence-electron chi connectivity index (χ1n) is 9.88. The molecule has 1 aliphatic rings. The van der Waals surface area contributed by atoms with Crippen molar-refractivity contribution >= 4 is 29.1 Å². The smallest absolute Gasteiger partial charge is 0.255 e. The van der Waals surface area contributed by atoms with Crippen LogP contribution in [0, 0.1) is 18.8 Å². The van der Waals surface area contributed by atoms with Crippen LogP contribution in [-0.2, 0) is 4.79 Å². The Labute approximate surface area is 171 Å². The number of hydrogen-bond acceptors (Lipinski definition) is 3. The van der Waals surface area contributed by atoms with Crippen molar-refractivity contribution in [1.29, 1.82) is 0 Å². The average Bonchev–Trinajstić information content (AvgIpc) is 3.39. The number of amides is 3. The zero-order valence-electron chi connectivity index (χ0n) is 17.2. The van der Waals surface area contributed by atoms with E-state index in [4.69, 9.17) is 0 Å². The van der Waals surface area contributed by atoms with Crippen LogP contribution in [-0.4, -0.2) is 23.8 Å². The van der Waals surface area contributed by atoms with E-state index >= 15 is 0 Å². The quantitative estimate of drug-likeness (QED) is 0.694. The van der Waals surface area contributed by atoms with E-state index < -0.39 is 0 Å². The molecular weight excluding hydrogens is 366 g/mol. The molecule has 3 N–H and O–H groups in total. The van der Waals surface area contributed by atoms with Crippen molar-refractivity contribution in [2.24, 2.45) is 11.8 Å². The molecule has 0 heterocycles. The molecule has 2 aromatic rings. The van der Waals surface area contributed by atoms with Crippen molar-refractivity contribution in [3.63, 3.8) is 0 Å². The third-order valence-electron chi connectivity index (χ3n) is 5.00. The summed E-state index contributed by atoms with van der Waals surface area (Å²) in [6, 6.07) is 12.1. The Balaban J connectivity index is 1.71. The minimum Gasteiger partial charge on any atom is -0.350 e. The highest BCUT2D eigenvalue weighted by atomic mass is 16.2. The Morgan fingerprint density at radius 2 is 1.66 bits per heavy atom. The van der Waals surface area contributed by atoms with Gasteiger partial charge in [-0.3, -0.25) is 14.4 Å². The van der Waals surface area contributed by atoms with Crippen molar-refractivity contribution in [3.8, 4) is 0 Å². The second-order valence-corrected chi connectivity index (χ2v) is 8.00. The summed E-state index contributed by atoms with van der Waals surface area (Å²) < 4.78 is 0. The molecule has 0 bridgehead atoms. The minimum atomic E-state index is -0.306. The average molecular weight is 393 g/mol. The molecule has 6 nitrogen and oxygen atoms in total. The lowest BCUT2D eigenvalue weighted by molar-refractivity contribution is -0.117. The highest BCUT2D eigenvalue weighted by Crippen LogP contribution is 2.38. The molecule has 1 aliphatic carbocycles. The Morgan fingerprint density at radius 1 is 0.966 bits per heavy atom. The van der Waals surface area contributed by atoms with E-state index in [-0.39, 0.29) is 29.7 Å².